The third-order valence-corrected chi connectivity index (χ3v) is 3.80. The smallest absolute Gasteiger partial charge is 0.240 e. The summed E-state index contributed by atoms with van der Waals surface area (Å²) in [7, 11) is 0. The van der Waals surface area contributed by atoms with E-state index >= 15 is 0 Å². The average molecular weight is 311 g/mol. The van der Waals surface area contributed by atoms with Crippen LogP contribution in [0.1, 0.15) is 37.0 Å². The predicted octanol–water partition coefficient (Wildman–Crippen LogP) is 3.37. The quantitative estimate of drug-likeness (QED) is 0.942. The third-order valence-electron chi connectivity index (χ3n) is 3.80. The van der Waals surface area contributed by atoms with Crippen molar-refractivity contribution in [1.82, 2.24) is 5.32 Å². The number of amides is 1. The normalized spacial score (nSPS) is 24.5. The van der Waals surface area contributed by atoms with Gasteiger partial charge in [0, 0.05) is 0 Å². The number of hydrogen-bond acceptors (Lipinski definition) is 3. The molecule has 4 nitrogen and oxygen atoms in total. The van der Waals surface area contributed by atoms with Crippen LogP contribution >= 0.6 is 0 Å². The van der Waals surface area contributed by atoms with Crippen molar-refractivity contribution in [2.45, 2.75) is 38.4 Å². The second-order valence-corrected chi connectivity index (χ2v) is 5.88. The summed E-state index contributed by atoms with van der Waals surface area (Å²) < 4.78 is 11.7. The van der Waals surface area contributed by atoms with Gasteiger partial charge in [-0.05, 0) is 25.0 Å². The lowest BCUT2D eigenvalue weighted by atomic mass is 9.87. The number of benzene rings is 2. The van der Waals surface area contributed by atoms with E-state index in [2.05, 4.69) is 5.32 Å². The Kier molecular flexibility index (Phi) is 4.74. The van der Waals surface area contributed by atoms with Crippen LogP contribution in [0, 0.1) is 0 Å². The summed E-state index contributed by atoms with van der Waals surface area (Å²) in [5.74, 6) is -0.479. The highest BCUT2D eigenvalue weighted by molar-refractivity contribution is 5.85. The van der Waals surface area contributed by atoms with Crippen molar-refractivity contribution in [3.05, 3.63) is 71.8 Å². The summed E-state index contributed by atoms with van der Waals surface area (Å²) in [4.78, 5) is 12.7. The fraction of sp³-hybridized carbons (Fsp3) is 0.316. The molecule has 1 fully saturated rings. The highest BCUT2D eigenvalue weighted by Crippen LogP contribution is 2.38. The molecule has 0 radical (unpaired) electrons. The Balaban J connectivity index is 1.94. The molecule has 23 heavy (non-hydrogen) atoms. The van der Waals surface area contributed by atoms with Crippen LogP contribution in [-0.2, 0) is 14.3 Å². The molecule has 0 bridgehead atoms. The molecule has 1 aliphatic heterocycles. The molecule has 2 aromatic rings. The maximum absolute atomic E-state index is 12.7. The second-order valence-electron chi connectivity index (χ2n) is 5.88. The zero-order chi connectivity index (χ0) is 16.2. The Morgan fingerprint density at radius 2 is 1.52 bits per heavy atom. The largest absolute Gasteiger partial charge is 0.333 e. The lowest BCUT2D eigenvalue weighted by Gasteiger charge is -2.37. The van der Waals surface area contributed by atoms with E-state index in [1.165, 1.54) is 0 Å². The van der Waals surface area contributed by atoms with Crippen LogP contribution < -0.4 is 5.32 Å². The SMILES string of the molecule is CC(C)O[C@H]1NC(=O)[C@@H](c2ccccc2)[C@@H](c2ccccc2)O1. The minimum Gasteiger partial charge on any atom is -0.333 e. The van der Waals surface area contributed by atoms with Crippen molar-refractivity contribution in [1.29, 1.82) is 0 Å². The molecule has 1 amide bonds. The molecule has 120 valence electrons. The standard InChI is InChI=1S/C19H21NO3/c1-13(2)22-19-20-18(21)16(14-9-5-3-6-10-14)17(23-19)15-11-7-4-8-12-15/h3-13,16-17,19H,1-2H3,(H,20,21)/t16-,17+,19+/m0/s1. The first-order chi connectivity index (χ1) is 11.1. The van der Waals surface area contributed by atoms with Gasteiger partial charge < -0.3 is 14.8 Å². The monoisotopic (exact) mass is 311 g/mol. The molecular formula is C19H21NO3. The molecule has 1 heterocycles. The van der Waals surface area contributed by atoms with Gasteiger partial charge in [-0.25, -0.2) is 0 Å². The van der Waals surface area contributed by atoms with Crippen molar-refractivity contribution < 1.29 is 14.3 Å². The Labute approximate surface area is 136 Å². The van der Waals surface area contributed by atoms with Gasteiger partial charge in [-0.1, -0.05) is 60.7 Å². The van der Waals surface area contributed by atoms with Crippen molar-refractivity contribution >= 4 is 5.91 Å². The van der Waals surface area contributed by atoms with Crippen molar-refractivity contribution in [2.24, 2.45) is 0 Å². The maximum atomic E-state index is 12.7. The average Bonchev–Trinajstić information content (AvgIpc) is 2.55. The van der Waals surface area contributed by atoms with Crippen molar-refractivity contribution in [3.63, 3.8) is 0 Å². The number of rotatable bonds is 4. The number of carbonyl (C=O) groups is 1. The summed E-state index contributed by atoms with van der Waals surface area (Å²) in [5.41, 5.74) is 1.90. The summed E-state index contributed by atoms with van der Waals surface area (Å²) in [6.07, 6.45) is -1.14. The molecule has 1 saturated heterocycles. The molecule has 3 atom stereocenters. The predicted molar refractivity (Wildman–Crippen MR) is 87.6 cm³/mol. The fourth-order valence-electron chi connectivity index (χ4n) is 2.80. The van der Waals surface area contributed by atoms with Gasteiger partial charge in [-0.2, -0.15) is 0 Å². The highest BCUT2D eigenvalue weighted by Gasteiger charge is 2.39. The summed E-state index contributed by atoms with van der Waals surface area (Å²) in [5, 5.41) is 2.81. The summed E-state index contributed by atoms with van der Waals surface area (Å²) in [6.45, 7) is 3.83. The van der Waals surface area contributed by atoms with E-state index in [0.29, 0.717) is 0 Å². The van der Waals surface area contributed by atoms with Gasteiger partial charge in [0.05, 0.1) is 12.0 Å². The van der Waals surface area contributed by atoms with Gasteiger partial charge >= 0.3 is 0 Å². The van der Waals surface area contributed by atoms with E-state index in [-0.39, 0.29) is 18.1 Å². The van der Waals surface area contributed by atoms with Crippen LogP contribution in [0.25, 0.3) is 0 Å². The highest BCUT2D eigenvalue weighted by atomic mass is 16.7. The zero-order valence-corrected chi connectivity index (χ0v) is 13.3. The Bertz CT molecular complexity index is 642. The molecule has 3 rings (SSSR count). The van der Waals surface area contributed by atoms with E-state index in [9.17, 15) is 4.79 Å². The fourth-order valence-corrected chi connectivity index (χ4v) is 2.80. The molecule has 1 aliphatic rings. The van der Waals surface area contributed by atoms with Crippen LogP contribution in [0.5, 0.6) is 0 Å². The molecule has 1 N–H and O–H groups in total. The first kappa shape index (κ1) is 15.7. The Hall–Kier alpha value is -2.17. The lowest BCUT2D eigenvalue weighted by molar-refractivity contribution is -0.227. The number of ether oxygens (including phenoxy) is 2. The Morgan fingerprint density at radius 1 is 0.957 bits per heavy atom. The molecule has 0 spiro atoms. The first-order valence-corrected chi connectivity index (χ1v) is 7.86. The Morgan fingerprint density at radius 3 is 2.09 bits per heavy atom. The molecule has 0 unspecified atom stereocenters. The molecular weight excluding hydrogens is 290 g/mol. The molecule has 0 aromatic heterocycles. The molecule has 4 heteroatoms. The van der Waals surface area contributed by atoms with Crippen LogP contribution in [0.3, 0.4) is 0 Å². The van der Waals surface area contributed by atoms with E-state index < -0.39 is 12.3 Å². The number of hydrogen-bond donors (Lipinski definition) is 1. The van der Waals surface area contributed by atoms with Crippen LogP contribution in [-0.4, -0.2) is 18.4 Å². The van der Waals surface area contributed by atoms with Gasteiger partial charge in [-0.3, -0.25) is 4.79 Å². The van der Waals surface area contributed by atoms with Crippen LogP contribution in [0.15, 0.2) is 60.7 Å². The van der Waals surface area contributed by atoms with E-state index in [4.69, 9.17) is 9.47 Å². The van der Waals surface area contributed by atoms with Gasteiger partial charge in [0.15, 0.2) is 0 Å². The van der Waals surface area contributed by atoms with Gasteiger partial charge in [-0.15, -0.1) is 0 Å². The lowest BCUT2D eigenvalue weighted by Crippen LogP contribution is -2.50. The summed E-state index contributed by atoms with van der Waals surface area (Å²) in [6, 6.07) is 19.5. The topological polar surface area (TPSA) is 47.6 Å². The van der Waals surface area contributed by atoms with Gasteiger partial charge in [0.2, 0.25) is 12.3 Å². The van der Waals surface area contributed by atoms with Crippen molar-refractivity contribution in [3.8, 4) is 0 Å². The van der Waals surface area contributed by atoms with Crippen LogP contribution in [0.4, 0.5) is 0 Å². The molecule has 0 saturated carbocycles. The number of nitrogens with one attached hydrogen (secondary N) is 1. The number of carbonyl (C=O) groups excluding carboxylic acids is 1. The van der Waals surface area contributed by atoms with Crippen LogP contribution in [0.2, 0.25) is 0 Å². The van der Waals surface area contributed by atoms with E-state index in [1.54, 1.807) is 0 Å². The van der Waals surface area contributed by atoms with E-state index in [1.807, 2.05) is 74.5 Å². The van der Waals surface area contributed by atoms with E-state index in [0.717, 1.165) is 11.1 Å². The molecule has 0 aliphatic carbocycles. The van der Waals surface area contributed by atoms with Gasteiger partial charge in [0.25, 0.3) is 0 Å². The third kappa shape index (κ3) is 3.60. The van der Waals surface area contributed by atoms with Gasteiger partial charge in [0.1, 0.15) is 6.10 Å². The zero-order valence-electron chi connectivity index (χ0n) is 13.3. The second kappa shape index (κ2) is 6.94. The van der Waals surface area contributed by atoms with Crippen molar-refractivity contribution in [2.75, 3.05) is 0 Å². The molecule has 2 aromatic carbocycles. The minimum absolute atomic E-state index is 0.0370. The summed E-state index contributed by atoms with van der Waals surface area (Å²) >= 11 is 0. The maximum Gasteiger partial charge on any atom is 0.240 e. The minimum atomic E-state index is -0.729. The first-order valence-electron chi connectivity index (χ1n) is 7.86.